The van der Waals surface area contributed by atoms with E-state index >= 15 is 0 Å². The molecule has 4 aliphatic rings. The standard InChI is InChI=1S/C22H23ClN2O2S/c23-17-3-1-2-14(11-17)18-4-5-19(27-18)21(26)25-22(28)24-20-15-7-12-6-13(9-15)10-16(20)8-12/h1-5,11-13,15-16,20H,6-10H2,(H2,24,25,26,28). The molecule has 1 heterocycles. The Morgan fingerprint density at radius 1 is 1.04 bits per heavy atom. The van der Waals surface area contributed by atoms with Crippen molar-refractivity contribution < 1.29 is 9.21 Å². The summed E-state index contributed by atoms with van der Waals surface area (Å²) in [5.41, 5.74) is 0.834. The fourth-order valence-corrected chi connectivity index (χ4v) is 6.19. The smallest absolute Gasteiger partial charge is 0.293 e. The Balaban J connectivity index is 1.22. The van der Waals surface area contributed by atoms with Crippen LogP contribution in [0.3, 0.4) is 0 Å². The van der Waals surface area contributed by atoms with Gasteiger partial charge in [-0.2, -0.15) is 0 Å². The number of carbonyl (C=O) groups is 1. The van der Waals surface area contributed by atoms with Crippen LogP contribution in [0, 0.1) is 23.7 Å². The largest absolute Gasteiger partial charge is 0.451 e. The van der Waals surface area contributed by atoms with Crippen LogP contribution in [-0.2, 0) is 0 Å². The Hall–Kier alpha value is -1.85. The number of amides is 1. The highest BCUT2D eigenvalue weighted by molar-refractivity contribution is 7.80. The summed E-state index contributed by atoms with van der Waals surface area (Å²) in [7, 11) is 0. The SMILES string of the molecule is O=C(NC(=S)NC1C2CC3CC(C2)CC1C3)c1ccc(-c2cccc(Cl)c2)o1. The van der Waals surface area contributed by atoms with Crippen molar-refractivity contribution in [3.8, 4) is 11.3 Å². The minimum Gasteiger partial charge on any atom is -0.451 e. The van der Waals surface area contributed by atoms with E-state index in [2.05, 4.69) is 10.6 Å². The van der Waals surface area contributed by atoms with Crippen molar-refractivity contribution in [1.29, 1.82) is 0 Å². The summed E-state index contributed by atoms with van der Waals surface area (Å²) in [6, 6.07) is 11.2. The van der Waals surface area contributed by atoms with E-state index in [4.69, 9.17) is 28.2 Å². The number of thiocarbonyl (C=S) groups is 1. The third-order valence-electron chi connectivity index (χ3n) is 6.69. The molecule has 1 amide bonds. The molecule has 28 heavy (non-hydrogen) atoms. The van der Waals surface area contributed by atoms with E-state index in [1.807, 2.05) is 12.1 Å². The zero-order chi connectivity index (χ0) is 19.3. The molecule has 0 spiro atoms. The molecule has 2 N–H and O–H groups in total. The summed E-state index contributed by atoms with van der Waals surface area (Å²) >= 11 is 11.5. The third kappa shape index (κ3) is 3.46. The Morgan fingerprint density at radius 3 is 2.43 bits per heavy atom. The average Bonchev–Trinajstić information content (AvgIpc) is 3.14. The third-order valence-corrected chi connectivity index (χ3v) is 7.15. The van der Waals surface area contributed by atoms with Gasteiger partial charge in [-0.1, -0.05) is 23.7 Å². The molecule has 4 aliphatic carbocycles. The summed E-state index contributed by atoms with van der Waals surface area (Å²) in [6.07, 6.45) is 6.66. The van der Waals surface area contributed by atoms with E-state index in [0.29, 0.717) is 33.8 Å². The Bertz CT molecular complexity index is 897. The lowest BCUT2D eigenvalue weighted by Gasteiger charge is -2.54. The summed E-state index contributed by atoms with van der Waals surface area (Å²) in [4.78, 5) is 12.6. The quantitative estimate of drug-likeness (QED) is 0.691. The summed E-state index contributed by atoms with van der Waals surface area (Å²) < 4.78 is 5.71. The first kappa shape index (κ1) is 18.2. The van der Waals surface area contributed by atoms with Crippen LogP contribution in [0.2, 0.25) is 5.02 Å². The zero-order valence-electron chi connectivity index (χ0n) is 15.5. The van der Waals surface area contributed by atoms with E-state index in [1.165, 1.54) is 32.1 Å². The van der Waals surface area contributed by atoms with Gasteiger partial charge in [0.1, 0.15) is 5.76 Å². The van der Waals surface area contributed by atoms with Crippen LogP contribution in [0.4, 0.5) is 0 Å². The maximum Gasteiger partial charge on any atom is 0.293 e. The highest BCUT2D eigenvalue weighted by atomic mass is 35.5. The minimum atomic E-state index is -0.324. The average molecular weight is 415 g/mol. The fraction of sp³-hybridized carbons (Fsp3) is 0.455. The van der Waals surface area contributed by atoms with Gasteiger partial charge in [-0.05, 0) is 92.3 Å². The van der Waals surface area contributed by atoms with Crippen molar-refractivity contribution in [1.82, 2.24) is 10.6 Å². The number of carbonyl (C=O) groups excluding carboxylic acids is 1. The molecule has 2 aromatic rings. The predicted molar refractivity (Wildman–Crippen MR) is 113 cm³/mol. The minimum absolute atomic E-state index is 0.240. The van der Waals surface area contributed by atoms with E-state index in [1.54, 1.807) is 24.3 Å². The van der Waals surface area contributed by atoms with Gasteiger partial charge in [0, 0.05) is 16.6 Å². The van der Waals surface area contributed by atoms with Crippen LogP contribution >= 0.6 is 23.8 Å². The molecule has 0 saturated heterocycles. The van der Waals surface area contributed by atoms with Gasteiger partial charge in [-0.3, -0.25) is 10.1 Å². The molecule has 146 valence electrons. The number of rotatable bonds is 3. The topological polar surface area (TPSA) is 54.3 Å². The molecule has 4 nitrogen and oxygen atoms in total. The molecule has 0 atom stereocenters. The number of hydrogen-bond acceptors (Lipinski definition) is 3. The maximum absolute atomic E-state index is 12.6. The van der Waals surface area contributed by atoms with Gasteiger partial charge in [0.25, 0.3) is 5.91 Å². The molecule has 4 bridgehead atoms. The van der Waals surface area contributed by atoms with Gasteiger partial charge in [-0.25, -0.2) is 0 Å². The van der Waals surface area contributed by atoms with E-state index in [0.717, 1.165) is 17.4 Å². The lowest BCUT2D eigenvalue weighted by Crippen LogP contribution is -2.57. The summed E-state index contributed by atoms with van der Waals surface area (Å²) in [5, 5.41) is 7.27. The molecule has 4 fully saturated rings. The van der Waals surface area contributed by atoms with Crippen molar-refractivity contribution in [3.05, 3.63) is 47.2 Å². The molecule has 0 unspecified atom stereocenters. The van der Waals surface area contributed by atoms with Gasteiger partial charge in [0.05, 0.1) is 0 Å². The van der Waals surface area contributed by atoms with Crippen LogP contribution in [0.25, 0.3) is 11.3 Å². The first-order valence-corrected chi connectivity index (χ1v) is 10.8. The first-order chi connectivity index (χ1) is 13.5. The summed E-state index contributed by atoms with van der Waals surface area (Å²) in [5.74, 6) is 3.74. The second kappa shape index (κ2) is 7.20. The van der Waals surface area contributed by atoms with Crippen LogP contribution in [0.5, 0.6) is 0 Å². The predicted octanol–water partition coefficient (Wildman–Crippen LogP) is 5.03. The number of furan rings is 1. The van der Waals surface area contributed by atoms with Crippen molar-refractivity contribution >= 4 is 34.8 Å². The van der Waals surface area contributed by atoms with Gasteiger partial charge < -0.3 is 9.73 Å². The second-order valence-electron chi connectivity index (χ2n) is 8.56. The number of benzene rings is 1. The Kier molecular flexibility index (Phi) is 4.68. The Morgan fingerprint density at radius 2 is 1.75 bits per heavy atom. The van der Waals surface area contributed by atoms with Gasteiger partial charge in [0.15, 0.2) is 10.9 Å². The molecule has 0 aliphatic heterocycles. The van der Waals surface area contributed by atoms with Crippen LogP contribution < -0.4 is 10.6 Å². The summed E-state index contributed by atoms with van der Waals surface area (Å²) in [6.45, 7) is 0. The molecule has 4 saturated carbocycles. The fourth-order valence-electron chi connectivity index (χ4n) is 5.77. The van der Waals surface area contributed by atoms with Gasteiger partial charge >= 0.3 is 0 Å². The molecule has 1 aromatic carbocycles. The van der Waals surface area contributed by atoms with Crippen molar-refractivity contribution in [2.24, 2.45) is 23.7 Å². The Labute approximate surface area is 175 Å². The lowest BCUT2D eigenvalue weighted by atomic mass is 9.54. The molecule has 6 rings (SSSR count). The lowest BCUT2D eigenvalue weighted by molar-refractivity contribution is -0.00692. The molecular formula is C22H23ClN2O2S. The number of hydrogen-bond donors (Lipinski definition) is 2. The van der Waals surface area contributed by atoms with E-state index in [-0.39, 0.29) is 11.7 Å². The maximum atomic E-state index is 12.6. The van der Waals surface area contributed by atoms with Crippen molar-refractivity contribution in [3.63, 3.8) is 0 Å². The van der Waals surface area contributed by atoms with Crippen molar-refractivity contribution in [2.45, 2.75) is 38.1 Å². The molecule has 0 radical (unpaired) electrons. The first-order valence-electron chi connectivity index (χ1n) is 10.0. The van der Waals surface area contributed by atoms with Gasteiger partial charge in [0.2, 0.25) is 0 Å². The second-order valence-corrected chi connectivity index (χ2v) is 9.40. The van der Waals surface area contributed by atoms with E-state index in [9.17, 15) is 4.79 Å². The molecular weight excluding hydrogens is 392 g/mol. The number of nitrogens with one attached hydrogen (secondary N) is 2. The highest BCUT2D eigenvalue weighted by Crippen LogP contribution is 2.53. The molecule has 6 heteroatoms. The van der Waals surface area contributed by atoms with Crippen LogP contribution in [-0.4, -0.2) is 17.1 Å². The van der Waals surface area contributed by atoms with Crippen molar-refractivity contribution in [2.75, 3.05) is 0 Å². The monoisotopic (exact) mass is 414 g/mol. The van der Waals surface area contributed by atoms with Crippen LogP contribution in [0.1, 0.15) is 42.7 Å². The van der Waals surface area contributed by atoms with Crippen LogP contribution in [0.15, 0.2) is 40.8 Å². The zero-order valence-corrected chi connectivity index (χ0v) is 17.1. The number of halogens is 1. The normalized spacial score (nSPS) is 30.2. The molecule has 1 aromatic heterocycles. The van der Waals surface area contributed by atoms with Gasteiger partial charge in [-0.15, -0.1) is 0 Å². The van der Waals surface area contributed by atoms with E-state index < -0.39 is 0 Å². The highest BCUT2D eigenvalue weighted by Gasteiger charge is 2.48.